The van der Waals surface area contributed by atoms with E-state index in [4.69, 9.17) is 10.5 Å². The summed E-state index contributed by atoms with van der Waals surface area (Å²) in [4.78, 5) is 19.7. The van der Waals surface area contributed by atoms with Gasteiger partial charge in [-0.1, -0.05) is 19.3 Å². The van der Waals surface area contributed by atoms with Crippen molar-refractivity contribution >= 4 is 34.8 Å². The Morgan fingerprint density at radius 2 is 2.14 bits per heavy atom. The molecular weight excluding hydrogens is 310 g/mol. The number of nitrogen functional groups attached to an aromatic ring is 1. The molecule has 0 amide bonds. The van der Waals surface area contributed by atoms with Crippen LogP contribution in [0.15, 0.2) is 6.20 Å². The van der Waals surface area contributed by atoms with Gasteiger partial charge in [0.25, 0.3) is 0 Å². The van der Waals surface area contributed by atoms with Crippen molar-refractivity contribution in [1.29, 1.82) is 0 Å². The molecule has 7 heteroatoms. The monoisotopic (exact) mass is 333 g/mol. The quantitative estimate of drug-likeness (QED) is 0.839. The molecule has 0 saturated heterocycles. The standard InChI is InChI=1S/C14H23N3O2S.ClH/c1-3-19-12(18)14(7-5-4-6-8-14)17(2)10-11-9-16-13(15)20-11;/h9H,3-8,10H2,1-2H3,(H2,15,16);1H. The highest BCUT2D eigenvalue weighted by atomic mass is 35.5. The molecule has 0 aliphatic heterocycles. The third kappa shape index (κ3) is 4.08. The number of thiazole rings is 1. The topological polar surface area (TPSA) is 68.5 Å². The van der Waals surface area contributed by atoms with Crippen molar-refractivity contribution in [2.75, 3.05) is 19.4 Å². The number of hydrogen-bond acceptors (Lipinski definition) is 6. The van der Waals surface area contributed by atoms with E-state index in [1.807, 2.05) is 14.0 Å². The van der Waals surface area contributed by atoms with Crippen LogP contribution in [0.5, 0.6) is 0 Å². The van der Waals surface area contributed by atoms with E-state index < -0.39 is 5.54 Å². The zero-order chi connectivity index (χ0) is 14.6. The van der Waals surface area contributed by atoms with Crippen molar-refractivity contribution in [1.82, 2.24) is 9.88 Å². The summed E-state index contributed by atoms with van der Waals surface area (Å²) in [5.41, 5.74) is 5.19. The number of carbonyl (C=O) groups excluding carboxylic acids is 1. The zero-order valence-corrected chi connectivity index (χ0v) is 14.3. The van der Waals surface area contributed by atoms with E-state index in [0.29, 0.717) is 18.3 Å². The fraction of sp³-hybridized carbons (Fsp3) is 0.714. The maximum absolute atomic E-state index is 12.5. The maximum atomic E-state index is 12.5. The molecule has 2 N–H and O–H groups in total. The molecule has 1 aliphatic rings. The molecule has 120 valence electrons. The Bertz CT molecular complexity index is 461. The second kappa shape index (κ2) is 7.96. The summed E-state index contributed by atoms with van der Waals surface area (Å²) in [7, 11) is 2.00. The van der Waals surface area contributed by atoms with Gasteiger partial charge in [0.2, 0.25) is 0 Å². The first-order chi connectivity index (χ1) is 9.58. The largest absolute Gasteiger partial charge is 0.465 e. The number of nitrogens with two attached hydrogens (primary N) is 1. The summed E-state index contributed by atoms with van der Waals surface area (Å²) in [6.07, 6.45) is 6.88. The smallest absolute Gasteiger partial charge is 0.326 e. The molecule has 1 saturated carbocycles. The SMILES string of the molecule is CCOC(=O)C1(N(C)Cc2cnc(N)s2)CCCCC1.Cl. The van der Waals surface area contributed by atoms with Gasteiger partial charge in [0.15, 0.2) is 5.13 Å². The molecule has 0 radical (unpaired) electrons. The van der Waals surface area contributed by atoms with Gasteiger partial charge in [-0.3, -0.25) is 9.69 Å². The van der Waals surface area contributed by atoms with Gasteiger partial charge >= 0.3 is 5.97 Å². The lowest BCUT2D eigenvalue weighted by atomic mass is 9.80. The first-order valence-electron chi connectivity index (χ1n) is 7.17. The van der Waals surface area contributed by atoms with Gasteiger partial charge in [0.1, 0.15) is 5.54 Å². The number of halogens is 1. The lowest BCUT2D eigenvalue weighted by molar-refractivity contribution is -0.160. The van der Waals surface area contributed by atoms with Gasteiger partial charge in [0.05, 0.1) is 6.61 Å². The fourth-order valence-corrected chi connectivity index (χ4v) is 3.66. The molecule has 2 rings (SSSR count). The van der Waals surface area contributed by atoms with Crippen LogP contribution >= 0.6 is 23.7 Å². The minimum absolute atomic E-state index is 0. The Morgan fingerprint density at radius 3 is 2.67 bits per heavy atom. The highest BCUT2D eigenvalue weighted by molar-refractivity contribution is 7.15. The minimum atomic E-state index is -0.479. The van der Waals surface area contributed by atoms with E-state index in [1.54, 1.807) is 6.20 Å². The first kappa shape index (κ1) is 18.2. The third-order valence-electron chi connectivity index (χ3n) is 4.03. The van der Waals surface area contributed by atoms with Crippen molar-refractivity contribution in [2.24, 2.45) is 0 Å². The maximum Gasteiger partial charge on any atom is 0.326 e. The van der Waals surface area contributed by atoms with Gasteiger partial charge < -0.3 is 10.5 Å². The summed E-state index contributed by atoms with van der Waals surface area (Å²) >= 11 is 1.48. The van der Waals surface area contributed by atoms with E-state index in [2.05, 4.69) is 9.88 Å². The van der Waals surface area contributed by atoms with E-state index in [1.165, 1.54) is 17.8 Å². The Kier molecular flexibility index (Phi) is 6.90. The van der Waals surface area contributed by atoms with E-state index in [9.17, 15) is 4.79 Å². The van der Waals surface area contributed by atoms with Gasteiger partial charge in [-0.15, -0.1) is 23.7 Å². The normalized spacial score (nSPS) is 17.3. The van der Waals surface area contributed by atoms with E-state index >= 15 is 0 Å². The number of rotatable bonds is 5. The molecule has 1 fully saturated rings. The van der Waals surface area contributed by atoms with Crippen LogP contribution in [0.4, 0.5) is 5.13 Å². The number of ether oxygens (including phenoxy) is 1. The molecule has 0 atom stereocenters. The number of carbonyl (C=O) groups is 1. The molecule has 21 heavy (non-hydrogen) atoms. The minimum Gasteiger partial charge on any atom is -0.465 e. The second-order valence-electron chi connectivity index (χ2n) is 5.33. The molecule has 1 aromatic heterocycles. The molecular formula is C14H24ClN3O2S. The molecule has 1 aliphatic carbocycles. The van der Waals surface area contributed by atoms with Crippen LogP contribution < -0.4 is 5.73 Å². The number of esters is 1. The number of nitrogens with zero attached hydrogens (tertiary/aromatic N) is 2. The Labute approximate surface area is 136 Å². The highest BCUT2D eigenvalue weighted by Crippen LogP contribution is 2.35. The fourth-order valence-electron chi connectivity index (χ4n) is 2.92. The number of likely N-dealkylation sites (N-methyl/N-ethyl adjacent to an activating group) is 1. The number of aromatic nitrogens is 1. The van der Waals surface area contributed by atoms with Crippen molar-refractivity contribution in [3.63, 3.8) is 0 Å². The summed E-state index contributed by atoms with van der Waals surface area (Å²) in [5, 5.41) is 0.572. The predicted molar refractivity (Wildman–Crippen MR) is 87.7 cm³/mol. The van der Waals surface area contributed by atoms with Crippen LogP contribution in [0.25, 0.3) is 0 Å². The van der Waals surface area contributed by atoms with Crippen molar-refractivity contribution in [2.45, 2.75) is 51.1 Å². The van der Waals surface area contributed by atoms with Crippen LogP contribution in [0.3, 0.4) is 0 Å². The Morgan fingerprint density at radius 1 is 1.48 bits per heavy atom. The van der Waals surface area contributed by atoms with Gasteiger partial charge in [-0.25, -0.2) is 4.98 Å². The van der Waals surface area contributed by atoms with Crippen molar-refractivity contribution < 1.29 is 9.53 Å². The van der Waals surface area contributed by atoms with Crippen LogP contribution in [0.2, 0.25) is 0 Å². The molecule has 0 unspecified atom stereocenters. The molecule has 0 spiro atoms. The van der Waals surface area contributed by atoms with E-state index in [0.717, 1.165) is 30.6 Å². The predicted octanol–water partition coefficient (Wildman–Crippen LogP) is 2.84. The first-order valence-corrected chi connectivity index (χ1v) is 7.99. The zero-order valence-electron chi connectivity index (χ0n) is 12.6. The number of anilines is 1. The third-order valence-corrected chi connectivity index (χ3v) is 4.84. The van der Waals surface area contributed by atoms with Crippen LogP contribution in [-0.4, -0.2) is 35.0 Å². The summed E-state index contributed by atoms with van der Waals surface area (Å²) < 4.78 is 5.33. The van der Waals surface area contributed by atoms with Crippen LogP contribution in [0.1, 0.15) is 43.9 Å². The molecule has 5 nitrogen and oxygen atoms in total. The number of hydrogen-bond donors (Lipinski definition) is 1. The van der Waals surface area contributed by atoms with Gasteiger partial charge in [0, 0.05) is 17.6 Å². The Balaban J connectivity index is 0.00000220. The van der Waals surface area contributed by atoms with Gasteiger partial charge in [-0.05, 0) is 26.8 Å². The summed E-state index contributed by atoms with van der Waals surface area (Å²) in [5.74, 6) is -0.0836. The van der Waals surface area contributed by atoms with E-state index in [-0.39, 0.29) is 18.4 Å². The molecule has 1 heterocycles. The molecule has 0 bridgehead atoms. The van der Waals surface area contributed by atoms with Gasteiger partial charge in [-0.2, -0.15) is 0 Å². The lowest BCUT2D eigenvalue weighted by Gasteiger charge is -2.42. The van der Waals surface area contributed by atoms with Crippen molar-refractivity contribution in [3.05, 3.63) is 11.1 Å². The summed E-state index contributed by atoms with van der Waals surface area (Å²) in [6, 6.07) is 0. The highest BCUT2D eigenvalue weighted by Gasteiger charge is 2.44. The average molecular weight is 334 g/mol. The van der Waals surface area contributed by atoms with Crippen molar-refractivity contribution in [3.8, 4) is 0 Å². The lowest BCUT2D eigenvalue weighted by Crippen LogP contribution is -2.54. The van der Waals surface area contributed by atoms with Crippen LogP contribution in [0, 0.1) is 0 Å². The molecule has 1 aromatic rings. The Hall–Kier alpha value is -0.850. The average Bonchev–Trinajstić information content (AvgIpc) is 2.85. The second-order valence-corrected chi connectivity index (χ2v) is 6.48. The summed E-state index contributed by atoms with van der Waals surface area (Å²) in [6.45, 7) is 2.98. The van der Waals surface area contributed by atoms with Crippen LogP contribution in [-0.2, 0) is 16.1 Å². The molecule has 0 aromatic carbocycles.